The van der Waals surface area contributed by atoms with Gasteiger partial charge >= 0.3 is 0 Å². The van der Waals surface area contributed by atoms with Crippen LogP contribution in [0.1, 0.15) is 41.4 Å². The van der Waals surface area contributed by atoms with Gasteiger partial charge in [-0.15, -0.1) is 23.1 Å². The van der Waals surface area contributed by atoms with Crippen molar-refractivity contribution in [2.45, 2.75) is 47.4 Å². The zero-order chi connectivity index (χ0) is 33.6. The number of thioether (sulfide) groups is 1. The van der Waals surface area contributed by atoms with Crippen molar-refractivity contribution in [3.8, 4) is 0 Å². The van der Waals surface area contributed by atoms with Crippen molar-refractivity contribution in [2.24, 2.45) is 0 Å². The maximum Gasteiger partial charge on any atom is 0.0964 e. The SMILES string of the molecule is C[SiH]1C2=C(C=CC(N(C3=CC4c5ccccc5SC4C=C3)c3ccc(C4C=c5ccccc5=CC4)cc3)C2)c2c1ccc1c2sc2ccccc21. The lowest BCUT2D eigenvalue weighted by atomic mass is 9.89. The molecule has 0 fully saturated rings. The molecule has 5 aromatic carbocycles. The highest BCUT2D eigenvalue weighted by molar-refractivity contribution is 8.00. The number of benzene rings is 5. The molecule has 0 bridgehead atoms. The van der Waals surface area contributed by atoms with E-state index in [-0.39, 0.29) is 6.04 Å². The second-order valence-electron chi connectivity index (χ2n) is 14.7. The first-order chi connectivity index (χ1) is 25.2. The highest BCUT2D eigenvalue weighted by Crippen LogP contribution is 2.50. The molecule has 5 unspecified atom stereocenters. The van der Waals surface area contributed by atoms with Crippen molar-refractivity contribution >= 4 is 80.7 Å². The third-order valence-corrected chi connectivity index (χ3v) is 17.5. The quantitative estimate of drug-likeness (QED) is 0.168. The van der Waals surface area contributed by atoms with E-state index in [2.05, 4.69) is 163 Å². The molecule has 5 aliphatic rings. The Hall–Kier alpha value is -4.61. The second-order valence-corrected chi connectivity index (χ2v) is 19.7. The first-order valence-corrected chi connectivity index (χ1v) is 22.4. The summed E-state index contributed by atoms with van der Waals surface area (Å²) in [4.78, 5) is 4.09. The minimum absolute atomic E-state index is 0.259. The number of fused-ring (bicyclic) bond motifs is 10. The third-order valence-electron chi connectivity index (χ3n) is 12.0. The standard InChI is InChI=1S/C47H37NS2Si/c1-51-44-25-23-38-36-10-4-7-13-42(36)50-47(38)46(44)39-22-20-35(28-45(39)51)48(34-21-24-43-40(27-34)37-11-5-6-12-41(37)49-43)33-18-16-30(17-19-33)32-15-14-29-8-2-3-9-31(29)26-32/h2-14,16-27,32,35,40,43,51H,15,28H2,1H3. The van der Waals surface area contributed by atoms with Crippen LogP contribution in [0.3, 0.4) is 0 Å². The molecule has 0 saturated heterocycles. The van der Waals surface area contributed by atoms with Gasteiger partial charge in [0.1, 0.15) is 0 Å². The van der Waals surface area contributed by atoms with E-state index < -0.39 is 8.80 Å². The molecule has 6 aromatic rings. The molecular weight excluding hydrogens is 671 g/mol. The summed E-state index contributed by atoms with van der Waals surface area (Å²) < 4.78 is 2.87. The summed E-state index contributed by atoms with van der Waals surface area (Å²) in [7, 11) is -1.31. The Balaban J connectivity index is 0.987. The van der Waals surface area contributed by atoms with E-state index in [1.54, 1.807) is 10.4 Å². The van der Waals surface area contributed by atoms with Gasteiger partial charge in [0.25, 0.3) is 0 Å². The molecule has 51 heavy (non-hydrogen) atoms. The highest BCUT2D eigenvalue weighted by Gasteiger charge is 2.37. The van der Waals surface area contributed by atoms with Crippen LogP contribution < -0.4 is 20.5 Å². The Morgan fingerprint density at radius 3 is 2.49 bits per heavy atom. The Kier molecular flexibility index (Phi) is 6.90. The average Bonchev–Trinajstić information content (AvgIpc) is 3.84. The van der Waals surface area contributed by atoms with E-state index in [4.69, 9.17) is 0 Å². The molecule has 0 N–H and O–H groups in total. The van der Waals surface area contributed by atoms with Gasteiger partial charge in [-0.1, -0.05) is 133 Å². The topological polar surface area (TPSA) is 3.24 Å². The van der Waals surface area contributed by atoms with E-state index in [1.165, 1.54) is 69.2 Å². The van der Waals surface area contributed by atoms with Crippen LogP contribution in [0.15, 0.2) is 155 Å². The largest absolute Gasteiger partial charge is 0.335 e. The Labute approximate surface area is 309 Å². The molecule has 0 radical (unpaired) electrons. The van der Waals surface area contributed by atoms with Crippen molar-refractivity contribution in [1.29, 1.82) is 0 Å². The lowest BCUT2D eigenvalue weighted by Gasteiger charge is -2.37. The smallest absolute Gasteiger partial charge is 0.0964 e. The summed E-state index contributed by atoms with van der Waals surface area (Å²) in [6, 6.07) is 41.4. The normalized spacial score (nSPS) is 23.9. The molecule has 3 aliphatic carbocycles. The molecule has 5 atom stereocenters. The number of nitrogens with zero attached hydrogens (tertiary/aromatic N) is 1. The number of hydrogen-bond acceptors (Lipinski definition) is 3. The second kappa shape index (κ2) is 11.7. The molecule has 3 heterocycles. The van der Waals surface area contributed by atoms with E-state index in [1.807, 2.05) is 23.1 Å². The van der Waals surface area contributed by atoms with E-state index in [9.17, 15) is 0 Å². The van der Waals surface area contributed by atoms with Gasteiger partial charge in [0, 0.05) is 53.5 Å². The van der Waals surface area contributed by atoms with E-state index in [0.29, 0.717) is 17.1 Å². The van der Waals surface area contributed by atoms with E-state index >= 15 is 0 Å². The van der Waals surface area contributed by atoms with Gasteiger partial charge in [-0.05, 0) is 81.1 Å². The molecule has 246 valence electrons. The number of rotatable bonds is 4. The molecule has 1 nitrogen and oxygen atoms in total. The molecule has 0 amide bonds. The van der Waals surface area contributed by atoms with Gasteiger partial charge in [0.05, 0.1) is 14.8 Å². The number of hydrogen-bond donors (Lipinski definition) is 0. The van der Waals surface area contributed by atoms with Crippen molar-refractivity contribution < 1.29 is 0 Å². The molecule has 4 heteroatoms. The fourth-order valence-corrected chi connectivity index (χ4v) is 14.9. The van der Waals surface area contributed by atoms with Gasteiger partial charge in [-0.25, -0.2) is 0 Å². The fraction of sp³-hybridized carbons (Fsp3) is 0.149. The summed E-state index contributed by atoms with van der Waals surface area (Å²) in [6.45, 7) is 2.57. The molecule has 2 aliphatic heterocycles. The molecular formula is C47H37NS2Si. The molecule has 0 saturated carbocycles. The van der Waals surface area contributed by atoms with Crippen LogP contribution in [0, 0.1) is 0 Å². The minimum atomic E-state index is -1.31. The zero-order valence-electron chi connectivity index (χ0n) is 28.5. The lowest BCUT2D eigenvalue weighted by molar-refractivity contribution is 0.741. The first-order valence-electron chi connectivity index (χ1n) is 18.4. The predicted octanol–water partition coefficient (Wildman–Crippen LogP) is 9.72. The van der Waals surface area contributed by atoms with Crippen LogP contribution in [0.5, 0.6) is 0 Å². The van der Waals surface area contributed by atoms with Crippen molar-refractivity contribution in [3.05, 3.63) is 178 Å². The Bertz CT molecular complexity index is 2680. The number of anilines is 1. The first kappa shape index (κ1) is 30.1. The maximum absolute atomic E-state index is 2.66. The van der Waals surface area contributed by atoms with Crippen molar-refractivity contribution in [3.63, 3.8) is 0 Å². The summed E-state index contributed by atoms with van der Waals surface area (Å²) in [6.07, 6.45) is 19.5. The Morgan fingerprint density at radius 1 is 0.745 bits per heavy atom. The molecule has 1 aromatic heterocycles. The minimum Gasteiger partial charge on any atom is -0.335 e. The van der Waals surface area contributed by atoms with Crippen LogP contribution in [-0.2, 0) is 0 Å². The Morgan fingerprint density at radius 2 is 1.57 bits per heavy atom. The van der Waals surface area contributed by atoms with Crippen LogP contribution in [0.2, 0.25) is 6.55 Å². The summed E-state index contributed by atoms with van der Waals surface area (Å²) in [5.41, 5.74) is 8.52. The summed E-state index contributed by atoms with van der Waals surface area (Å²) >= 11 is 4.00. The summed E-state index contributed by atoms with van der Waals surface area (Å²) in [5.74, 6) is 0.800. The number of thiophene rings is 1. The fourth-order valence-electron chi connectivity index (χ4n) is 9.41. The summed E-state index contributed by atoms with van der Waals surface area (Å²) in [5, 5.41) is 9.32. The zero-order valence-corrected chi connectivity index (χ0v) is 31.3. The van der Waals surface area contributed by atoms with Crippen molar-refractivity contribution in [1.82, 2.24) is 0 Å². The average molecular weight is 708 g/mol. The molecule has 11 rings (SSSR count). The number of allylic oxidation sites excluding steroid dienone is 4. The maximum atomic E-state index is 2.66. The van der Waals surface area contributed by atoms with Crippen molar-refractivity contribution in [2.75, 3.05) is 4.90 Å². The highest BCUT2D eigenvalue weighted by atomic mass is 32.2. The van der Waals surface area contributed by atoms with Crippen LogP contribution in [0.4, 0.5) is 5.69 Å². The van der Waals surface area contributed by atoms with Gasteiger partial charge < -0.3 is 4.90 Å². The van der Waals surface area contributed by atoms with E-state index in [0.717, 1.165) is 12.8 Å². The lowest BCUT2D eigenvalue weighted by Crippen LogP contribution is -2.37. The van der Waals surface area contributed by atoms with Gasteiger partial charge in [-0.3, -0.25) is 0 Å². The van der Waals surface area contributed by atoms with Gasteiger partial charge in [0.15, 0.2) is 0 Å². The van der Waals surface area contributed by atoms with Gasteiger partial charge in [-0.2, -0.15) is 0 Å². The monoisotopic (exact) mass is 707 g/mol. The van der Waals surface area contributed by atoms with Crippen LogP contribution >= 0.6 is 23.1 Å². The van der Waals surface area contributed by atoms with Crippen LogP contribution in [0.25, 0.3) is 37.9 Å². The third kappa shape index (κ3) is 4.73. The van der Waals surface area contributed by atoms with Crippen LogP contribution in [-0.4, -0.2) is 20.1 Å². The predicted molar refractivity (Wildman–Crippen MR) is 223 cm³/mol. The van der Waals surface area contributed by atoms with Gasteiger partial charge in [0.2, 0.25) is 0 Å². The molecule has 0 spiro atoms.